The van der Waals surface area contributed by atoms with Crippen LogP contribution in [0.15, 0.2) is 18.3 Å². The van der Waals surface area contributed by atoms with E-state index in [9.17, 15) is 9.59 Å². The lowest BCUT2D eigenvalue weighted by Crippen LogP contribution is -2.42. The number of ether oxygens (including phenoxy) is 1. The number of pyridine rings is 1. The van der Waals surface area contributed by atoms with E-state index in [0.717, 1.165) is 31.2 Å². The first-order valence-electron chi connectivity index (χ1n) is 9.12. The Balaban J connectivity index is 1.38. The summed E-state index contributed by atoms with van der Waals surface area (Å²) in [6, 6.07) is 3.70. The van der Waals surface area contributed by atoms with Gasteiger partial charge in [-0.1, -0.05) is 6.42 Å². The van der Waals surface area contributed by atoms with E-state index in [0.29, 0.717) is 12.4 Å². The van der Waals surface area contributed by atoms with E-state index < -0.39 is 0 Å². The summed E-state index contributed by atoms with van der Waals surface area (Å²) in [5.41, 5.74) is 0.927. The number of rotatable bonds is 7. The molecule has 2 aliphatic rings. The predicted octanol–water partition coefficient (Wildman–Crippen LogP) is 1.87. The van der Waals surface area contributed by atoms with Crippen LogP contribution in [-0.2, 0) is 11.3 Å². The number of urea groups is 1. The molecule has 7 heteroatoms. The lowest BCUT2D eigenvalue weighted by Gasteiger charge is -2.22. The largest absolute Gasteiger partial charge is 0.474 e. The molecule has 0 spiro atoms. The minimum Gasteiger partial charge on any atom is -0.474 e. The Morgan fingerprint density at radius 3 is 2.68 bits per heavy atom. The van der Waals surface area contributed by atoms with Crippen LogP contribution < -0.4 is 20.7 Å². The zero-order chi connectivity index (χ0) is 17.5. The number of nitrogens with zero attached hydrogens (tertiary/aromatic N) is 1. The third-order valence-corrected chi connectivity index (χ3v) is 4.45. The molecule has 7 nitrogen and oxygen atoms in total. The first-order valence-corrected chi connectivity index (χ1v) is 9.12. The van der Waals surface area contributed by atoms with Crippen LogP contribution in [0.2, 0.25) is 0 Å². The number of aromatic nitrogens is 1. The maximum Gasteiger partial charge on any atom is 0.315 e. The molecule has 0 radical (unpaired) electrons. The SMILES string of the molecule is O=C(CNC(=O)NC1CC1)NCc1ccnc(OC2CCCCC2)c1. The van der Waals surface area contributed by atoms with Gasteiger partial charge >= 0.3 is 6.03 Å². The molecule has 0 saturated heterocycles. The maximum absolute atomic E-state index is 11.8. The van der Waals surface area contributed by atoms with Gasteiger partial charge in [0.15, 0.2) is 0 Å². The summed E-state index contributed by atoms with van der Waals surface area (Å²) < 4.78 is 5.94. The molecule has 3 N–H and O–H groups in total. The molecule has 2 saturated carbocycles. The Morgan fingerprint density at radius 2 is 1.92 bits per heavy atom. The van der Waals surface area contributed by atoms with Gasteiger partial charge < -0.3 is 20.7 Å². The van der Waals surface area contributed by atoms with Crippen LogP contribution in [0, 0.1) is 0 Å². The summed E-state index contributed by atoms with van der Waals surface area (Å²) >= 11 is 0. The zero-order valence-electron chi connectivity index (χ0n) is 14.4. The summed E-state index contributed by atoms with van der Waals surface area (Å²) in [5, 5.41) is 8.12. The van der Waals surface area contributed by atoms with Crippen molar-refractivity contribution in [3.05, 3.63) is 23.9 Å². The van der Waals surface area contributed by atoms with Crippen LogP contribution in [0.25, 0.3) is 0 Å². The van der Waals surface area contributed by atoms with Crippen molar-refractivity contribution in [2.75, 3.05) is 6.54 Å². The molecular formula is C18H26N4O3. The summed E-state index contributed by atoms with van der Waals surface area (Å²) in [5.74, 6) is 0.387. The van der Waals surface area contributed by atoms with E-state index in [-0.39, 0.29) is 30.6 Å². The van der Waals surface area contributed by atoms with Crippen molar-refractivity contribution in [2.45, 2.75) is 63.6 Å². The van der Waals surface area contributed by atoms with Gasteiger partial charge in [-0.25, -0.2) is 9.78 Å². The molecule has 0 aromatic carbocycles. The summed E-state index contributed by atoms with van der Waals surface area (Å²) in [6.07, 6.45) is 9.85. The van der Waals surface area contributed by atoms with Crippen molar-refractivity contribution in [2.24, 2.45) is 0 Å². The smallest absolute Gasteiger partial charge is 0.315 e. The molecule has 136 valence electrons. The molecule has 0 aliphatic heterocycles. The second-order valence-electron chi connectivity index (χ2n) is 6.76. The molecule has 25 heavy (non-hydrogen) atoms. The number of carbonyl (C=O) groups excluding carboxylic acids is 2. The third kappa shape index (κ3) is 6.25. The standard InChI is InChI=1S/C18H26N4O3/c23-16(12-21-18(24)22-14-6-7-14)20-11-13-8-9-19-17(10-13)25-15-4-2-1-3-5-15/h8-10,14-15H,1-7,11-12H2,(H,20,23)(H2,21,22,24). The third-order valence-electron chi connectivity index (χ3n) is 4.45. The summed E-state index contributed by atoms with van der Waals surface area (Å²) in [7, 11) is 0. The van der Waals surface area contributed by atoms with Crippen molar-refractivity contribution >= 4 is 11.9 Å². The van der Waals surface area contributed by atoms with Gasteiger partial charge in [0.1, 0.15) is 6.10 Å². The highest BCUT2D eigenvalue weighted by molar-refractivity contribution is 5.84. The molecule has 0 bridgehead atoms. The monoisotopic (exact) mass is 346 g/mol. The van der Waals surface area contributed by atoms with Crippen LogP contribution in [0.3, 0.4) is 0 Å². The van der Waals surface area contributed by atoms with Gasteiger partial charge in [-0.15, -0.1) is 0 Å². The maximum atomic E-state index is 11.8. The van der Waals surface area contributed by atoms with Gasteiger partial charge in [-0.2, -0.15) is 0 Å². The Hall–Kier alpha value is -2.31. The van der Waals surface area contributed by atoms with E-state index >= 15 is 0 Å². The number of hydrogen-bond acceptors (Lipinski definition) is 4. The average molecular weight is 346 g/mol. The van der Waals surface area contributed by atoms with Crippen molar-refractivity contribution in [3.8, 4) is 5.88 Å². The fourth-order valence-electron chi connectivity index (χ4n) is 2.87. The van der Waals surface area contributed by atoms with Gasteiger partial charge in [-0.3, -0.25) is 4.79 Å². The van der Waals surface area contributed by atoms with Crippen molar-refractivity contribution in [1.29, 1.82) is 0 Å². The fraction of sp³-hybridized carbons (Fsp3) is 0.611. The van der Waals surface area contributed by atoms with E-state index in [2.05, 4.69) is 20.9 Å². The fourth-order valence-corrected chi connectivity index (χ4v) is 2.87. The molecular weight excluding hydrogens is 320 g/mol. The Kier molecular flexibility index (Phi) is 6.09. The van der Waals surface area contributed by atoms with E-state index in [4.69, 9.17) is 4.74 Å². The number of nitrogens with one attached hydrogen (secondary N) is 3. The molecule has 1 aromatic heterocycles. The van der Waals surface area contributed by atoms with Gasteiger partial charge in [0.25, 0.3) is 0 Å². The van der Waals surface area contributed by atoms with Crippen molar-refractivity contribution < 1.29 is 14.3 Å². The summed E-state index contributed by atoms with van der Waals surface area (Å²) in [4.78, 5) is 27.6. The minimum absolute atomic E-state index is 0.0327. The average Bonchev–Trinajstić information content (AvgIpc) is 3.43. The normalized spacial score (nSPS) is 17.6. The molecule has 1 aromatic rings. The van der Waals surface area contributed by atoms with Crippen LogP contribution >= 0.6 is 0 Å². The van der Waals surface area contributed by atoms with Gasteiger partial charge in [-0.05, 0) is 50.2 Å². The Labute approximate surface area is 147 Å². The van der Waals surface area contributed by atoms with E-state index in [1.165, 1.54) is 19.3 Å². The quantitative estimate of drug-likeness (QED) is 0.703. The lowest BCUT2D eigenvalue weighted by atomic mass is 9.98. The first-order chi connectivity index (χ1) is 12.2. The molecule has 1 heterocycles. The van der Waals surface area contributed by atoms with Crippen molar-refractivity contribution in [1.82, 2.24) is 20.9 Å². The second-order valence-corrected chi connectivity index (χ2v) is 6.76. The van der Waals surface area contributed by atoms with Crippen LogP contribution in [0.5, 0.6) is 5.88 Å². The van der Waals surface area contributed by atoms with Gasteiger partial charge in [0.05, 0.1) is 6.54 Å². The minimum atomic E-state index is -0.287. The summed E-state index contributed by atoms with van der Waals surface area (Å²) in [6.45, 7) is 0.351. The van der Waals surface area contributed by atoms with Crippen molar-refractivity contribution in [3.63, 3.8) is 0 Å². The van der Waals surface area contributed by atoms with Crippen LogP contribution in [-0.4, -0.2) is 35.6 Å². The highest BCUT2D eigenvalue weighted by atomic mass is 16.5. The topological polar surface area (TPSA) is 92.4 Å². The Morgan fingerprint density at radius 1 is 1.12 bits per heavy atom. The van der Waals surface area contributed by atoms with E-state index in [1.807, 2.05) is 12.1 Å². The predicted molar refractivity (Wildman–Crippen MR) is 93.1 cm³/mol. The molecule has 2 aliphatic carbocycles. The first kappa shape index (κ1) is 17.5. The van der Waals surface area contributed by atoms with E-state index in [1.54, 1.807) is 6.20 Å². The van der Waals surface area contributed by atoms with Crippen LogP contribution in [0.1, 0.15) is 50.5 Å². The number of amides is 3. The number of carbonyl (C=O) groups is 2. The molecule has 0 unspecified atom stereocenters. The molecule has 3 rings (SSSR count). The zero-order valence-corrected chi connectivity index (χ0v) is 14.4. The highest BCUT2D eigenvalue weighted by Gasteiger charge is 2.23. The highest BCUT2D eigenvalue weighted by Crippen LogP contribution is 2.22. The van der Waals surface area contributed by atoms with Gasteiger partial charge in [0.2, 0.25) is 11.8 Å². The van der Waals surface area contributed by atoms with Crippen LogP contribution in [0.4, 0.5) is 4.79 Å². The molecule has 2 fully saturated rings. The second kappa shape index (κ2) is 8.69. The number of hydrogen-bond donors (Lipinski definition) is 3. The van der Waals surface area contributed by atoms with Gasteiger partial charge in [0, 0.05) is 24.8 Å². The molecule has 3 amide bonds. The lowest BCUT2D eigenvalue weighted by molar-refractivity contribution is -0.120. The molecule has 0 atom stereocenters. The Bertz CT molecular complexity index is 598.